The highest BCUT2D eigenvalue weighted by Crippen LogP contribution is 2.35. The number of benzene rings is 3. The topological polar surface area (TPSA) is 123 Å². The Morgan fingerprint density at radius 2 is 1.53 bits per heavy atom. The van der Waals surface area contributed by atoms with Gasteiger partial charge in [0.2, 0.25) is 0 Å². The number of halogens is 2. The minimum Gasteiger partial charge on any atom is -0.454 e. The van der Waals surface area contributed by atoms with E-state index in [9.17, 15) is 18.0 Å². The lowest BCUT2D eigenvalue weighted by molar-refractivity contribution is 0.0526. The number of nitrogens with one attached hydrogen (secondary N) is 3. The highest BCUT2D eigenvalue weighted by atomic mass is 35.5. The van der Waals surface area contributed by atoms with Gasteiger partial charge in [0.25, 0.3) is 15.9 Å². The first-order chi connectivity index (χ1) is 17.8. The lowest BCUT2D eigenvalue weighted by Gasteiger charge is -2.19. The Kier molecular flexibility index (Phi) is 9.48. The molecule has 3 aromatic rings. The highest BCUT2D eigenvalue weighted by Gasteiger charge is 2.19. The summed E-state index contributed by atoms with van der Waals surface area (Å²) in [6.07, 6.45) is -0.586. The van der Waals surface area contributed by atoms with Crippen LogP contribution in [0.3, 0.4) is 0 Å². The number of carbonyl (C=O) groups is 2. The molecule has 0 aromatic heterocycles. The molecule has 9 nitrogen and oxygen atoms in total. The summed E-state index contributed by atoms with van der Waals surface area (Å²) in [5.74, 6) is 0.113. The van der Waals surface area contributed by atoms with Gasteiger partial charge >= 0.3 is 6.09 Å². The molecule has 0 unspecified atom stereocenters. The molecule has 0 spiro atoms. The van der Waals surface area contributed by atoms with Gasteiger partial charge < -0.3 is 20.1 Å². The second kappa shape index (κ2) is 12.4. The third-order valence-corrected chi connectivity index (χ3v) is 6.66. The second-order valence-corrected chi connectivity index (χ2v) is 11.5. The van der Waals surface area contributed by atoms with Gasteiger partial charge in [0.1, 0.15) is 11.4 Å². The van der Waals surface area contributed by atoms with Crippen LogP contribution in [0.5, 0.6) is 11.5 Å². The number of hydrogen-bond donors (Lipinski definition) is 3. The summed E-state index contributed by atoms with van der Waals surface area (Å²) >= 11 is 12.1. The molecule has 0 saturated heterocycles. The van der Waals surface area contributed by atoms with Crippen LogP contribution in [-0.4, -0.2) is 39.1 Å². The van der Waals surface area contributed by atoms with Crippen LogP contribution in [0.15, 0.2) is 71.6 Å². The predicted octanol–water partition coefficient (Wildman–Crippen LogP) is 5.84. The van der Waals surface area contributed by atoms with Crippen LogP contribution >= 0.6 is 23.2 Å². The van der Waals surface area contributed by atoms with E-state index in [1.165, 1.54) is 30.3 Å². The van der Waals surface area contributed by atoms with Crippen LogP contribution in [0.2, 0.25) is 10.0 Å². The van der Waals surface area contributed by atoms with E-state index < -0.39 is 27.6 Å². The van der Waals surface area contributed by atoms with Crippen molar-refractivity contribution in [3.8, 4) is 11.5 Å². The summed E-state index contributed by atoms with van der Waals surface area (Å²) in [4.78, 5) is 24.0. The molecule has 3 rings (SSSR count). The smallest absolute Gasteiger partial charge is 0.407 e. The molecule has 0 saturated carbocycles. The van der Waals surface area contributed by atoms with Crippen LogP contribution in [0.4, 0.5) is 10.5 Å². The van der Waals surface area contributed by atoms with E-state index in [0.717, 1.165) is 0 Å². The largest absolute Gasteiger partial charge is 0.454 e. The predicted molar refractivity (Wildman–Crippen MR) is 147 cm³/mol. The van der Waals surface area contributed by atoms with Gasteiger partial charge in [0.15, 0.2) is 5.75 Å². The third-order valence-electron chi connectivity index (χ3n) is 4.75. The standard InChI is InChI=1S/C26H27Cl2N3O6S/c1-26(2,3)37-25(33)30-15-14-29-24(32)17-8-11-19(12-9-17)38(34,35)31-21-6-4-5-7-23(21)36-22-13-10-18(27)16-20(22)28/h4-13,16,31H,14-15H2,1-3H3,(H,29,32)(H,30,33). The Balaban J connectivity index is 1.61. The fraction of sp³-hybridized carbons (Fsp3) is 0.231. The lowest BCUT2D eigenvalue weighted by atomic mass is 10.2. The van der Waals surface area contributed by atoms with Crippen molar-refractivity contribution in [3.05, 3.63) is 82.3 Å². The molecular weight excluding hydrogens is 553 g/mol. The van der Waals surface area contributed by atoms with E-state index in [1.54, 1.807) is 57.2 Å². The van der Waals surface area contributed by atoms with Crippen LogP contribution in [0, 0.1) is 0 Å². The summed E-state index contributed by atoms with van der Waals surface area (Å²) in [5, 5.41) is 5.88. The number of alkyl carbamates (subject to hydrolysis) is 1. The fourth-order valence-corrected chi connectivity index (χ4v) is 4.58. The highest BCUT2D eigenvalue weighted by molar-refractivity contribution is 7.92. The minimum absolute atomic E-state index is 0.0556. The molecule has 0 aliphatic carbocycles. The summed E-state index contributed by atoms with van der Waals surface area (Å²) in [6, 6.07) is 16.6. The summed E-state index contributed by atoms with van der Waals surface area (Å²) in [7, 11) is -4.01. The summed E-state index contributed by atoms with van der Waals surface area (Å²) < 4.78 is 39.4. The van der Waals surface area contributed by atoms with Crippen LogP contribution in [-0.2, 0) is 14.8 Å². The molecule has 3 aromatic carbocycles. The maximum atomic E-state index is 13.0. The van der Waals surface area contributed by atoms with Crippen molar-refractivity contribution in [1.82, 2.24) is 10.6 Å². The van der Waals surface area contributed by atoms with Crippen molar-refractivity contribution in [3.63, 3.8) is 0 Å². The Morgan fingerprint density at radius 1 is 0.868 bits per heavy atom. The first kappa shape index (κ1) is 29.1. The SMILES string of the molecule is CC(C)(C)OC(=O)NCCNC(=O)c1ccc(S(=O)(=O)Nc2ccccc2Oc2ccc(Cl)cc2Cl)cc1. The van der Waals surface area contributed by atoms with E-state index in [4.69, 9.17) is 32.7 Å². The molecule has 0 aliphatic heterocycles. The van der Waals surface area contributed by atoms with E-state index in [2.05, 4.69) is 15.4 Å². The maximum Gasteiger partial charge on any atom is 0.407 e. The van der Waals surface area contributed by atoms with Crippen molar-refractivity contribution in [1.29, 1.82) is 0 Å². The van der Waals surface area contributed by atoms with Crippen molar-refractivity contribution in [2.45, 2.75) is 31.3 Å². The Bertz CT molecular complexity index is 1410. The zero-order chi connectivity index (χ0) is 27.9. The number of anilines is 1. The Hall–Kier alpha value is -3.47. The molecular formula is C26H27Cl2N3O6S. The monoisotopic (exact) mass is 579 g/mol. The van der Waals surface area contributed by atoms with E-state index in [1.807, 2.05) is 0 Å². The molecule has 2 amide bonds. The van der Waals surface area contributed by atoms with Crippen molar-refractivity contribution in [2.24, 2.45) is 0 Å². The summed E-state index contributed by atoms with van der Waals surface area (Å²) in [6.45, 7) is 5.57. The number of hydrogen-bond acceptors (Lipinski definition) is 6. The van der Waals surface area contributed by atoms with Gasteiger partial charge in [-0.25, -0.2) is 13.2 Å². The number of ether oxygens (including phenoxy) is 2. The molecule has 0 aliphatic rings. The molecule has 0 bridgehead atoms. The van der Waals surface area contributed by atoms with Gasteiger partial charge in [0.05, 0.1) is 15.6 Å². The van der Waals surface area contributed by atoms with Gasteiger partial charge in [-0.15, -0.1) is 0 Å². The Labute approximate surface area is 231 Å². The normalized spacial score (nSPS) is 11.4. The first-order valence-corrected chi connectivity index (χ1v) is 13.7. The molecule has 38 heavy (non-hydrogen) atoms. The van der Waals surface area contributed by atoms with Gasteiger partial charge in [0, 0.05) is 23.7 Å². The molecule has 0 radical (unpaired) electrons. The average Bonchev–Trinajstić information content (AvgIpc) is 2.83. The number of rotatable bonds is 9. The minimum atomic E-state index is -4.01. The van der Waals surface area contributed by atoms with Gasteiger partial charge in [-0.3, -0.25) is 9.52 Å². The van der Waals surface area contributed by atoms with E-state index >= 15 is 0 Å². The van der Waals surface area contributed by atoms with Crippen LogP contribution < -0.4 is 20.1 Å². The average molecular weight is 580 g/mol. The van der Waals surface area contributed by atoms with Gasteiger partial charge in [-0.05, 0) is 75.4 Å². The zero-order valence-corrected chi connectivity index (χ0v) is 23.2. The van der Waals surface area contributed by atoms with E-state index in [0.29, 0.717) is 10.8 Å². The number of para-hydroxylation sites is 2. The first-order valence-electron chi connectivity index (χ1n) is 11.4. The lowest BCUT2D eigenvalue weighted by Crippen LogP contribution is -2.37. The molecule has 0 atom stereocenters. The van der Waals surface area contributed by atoms with Crippen LogP contribution in [0.1, 0.15) is 31.1 Å². The third kappa shape index (κ3) is 8.54. The van der Waals surface area contributed by atoms with Gasteiger partial charge in [-0.1, -0.05) is 35.3 Å². The number of amides is 2. The molecule has 0 heterocycles. The molecule has 12 heteroatoms. The van der Waals surface area contributed by atoms with Gasteiger partial charge in [-0.2, -0.15) is 0 Å². The Morgan fingerprint density at radius 3 is 2.18 bits per heavy atom. The quantitative estimate of drug-likeness (QED) is 0.273. The second-order valence-electron chi connectivity index (χ2n) is 8.99. The number of carbonyl (C=O) groups excluding carboxylic acids is 2. The summed E-state index contributed by atoms with van der Waals surface area (Å²) in [5.41, 5.74) is -0.177. The van der Waals surface area contributed by atoms with Crippen molar-refractivity contribution >= 4 is 50.9 Å². The molecule has 3 N–H and O–H groups in total. The van der Waals surface area contributed by atoms with Crippen molar-refractivity contribution in [2.75, 3.05) is 17.8 Å². The molecule has 202 valence electrons. The zero-order valence-electron chi connectivity index (χ0n) is 20.9. The van der Waals surface area contributed by atoms with E-state index in [-0.39, 0.29) is 40.0 Å². The molecule has 0 fully saturated rings. The maximum absolute atomic E-state index is 13.0. The number of sulfonamides is 1. The van der Waals surface area contributed by atoms with Crippen LogP contribution in [0.25, 0.3) is 0 Å². The fourth-order valence-electron chi connectivity index (χ4n) is 3.06. The van der Waals surface area contributed by atoms with Crippen molar-refractivity contribution < 1.29 is 27.5 Å².